The molecular weight excluding hydrogens is 348 g/mol. The average Bonchev–Trinajstić information content (AvgIpc) is 2.71. The fourth-order valence-corrected chi connectivity index (χ4v) is 3.31. The summed E-state index contributed by atoms with van der Waals surface area (Å²) in [6.45, 7) is 4.67. The number of ether oxygens (including phenoxy) is 1. The summed E-state index contributed by atoms with van der Waals surface area (Å²) in [5.41, 5.74) is 4.80. The number of carbonyl (C=O) groups is 1. The Balaban J connectivity index is 1.81. The first-order valence-corrected chi connectivity index (χ1v) is 9.65. The van der Waals surface area contributed by atoms with Crippen molar-refractivity contribution in [2.45, 2.75) is 39.2 Å². The van der Waals surface area contributed by atoms with E-state index in [9.17, 15) is 9.90 Å². The number of aryl methyl sites for hydroxylation is 2. The molecule has 0 heterocycles. The van der Waals surface area contributed by atoms with Gasteiger partial charge in [-0.1, -0.05) is 74.5 Å². The van der Waals surface area contributed by atoms with Gasteiger partial charge in [0, 0.05) is 0 Å². The van der Waals surface area contributed by atoms with Crippen molar-refractivity contribution >= 4 is 5.97 Å². The Hall–Kier alpha value is -3.07. The molecule has 3 aromatic rings. The lowest BCUT2D eigenvalue weighted by Crippen LogP contribution is -2.05. The van der Waals surface area contributed by atoms with Crippen LogP contribution in [0.3, 0.4) is 0 Å². The zero-order chi connectivity index (χ0) is 19.9. The van der Waals surface area contributed by atoms with Gasteiger partial charge in [-0.3, -0.25) is 0 Å². The predicted molar refractivity (Wildman–Crippen MR) is 112 cm³/mol. The van der Waals surface area contributed by atoms with Crippen LogP contribution in [0.1, 0.15) is 52.4 Å². The Kier molecular flexibility index (Phi) is 6.49. The summed E-state index contributed by atoms with van der Waals surface area (Å²) in [5, 5.41) is 9.19. The zero-order valence-electron chi connectivity index (χ0n) is 16.4. The standard InChI is InChI=1S/C25H26O3/c1-18(2)23-13-7-11-21(15-14-19-8-4-3-5-9-19)24(23)28-17-20-10-6-12-22(16-20)25(26)27/h3-13,16,18H,14-15,17H2,1-2H3,(H,26,27). The highest BCUT2D eigenvalue weighted by atomic mass is 16.5. The highest BCUT2D eigenvalue weighted by Gasteiger charge is 2.13. The van der Waals surface area contributed by atoms with E-state index < -0.39 is 5.97 Å². The van der Waals surface area contributed by atoms with E-state index in [1.807, 2.05) is 12.1 Å². The number of carboxylic acids is 1. The fourth-order valence-electron chi connectivity index (χ4n) is 3.31. The van der Waals surface area contributed by atoms with Crippen molar-refractivity contribution in [2.24, 2.45) is 0 Å². The van der Waals surface area contributed by atoms with Crippen LogP contribution in [0.15, 0.2) is 72.8 Å². The van der Waals surface area contributed by atoms with Gasteiger partial charge >= 0.3 is 5.97 Å². The maximum Gasteiger partial charge on any atom is 0.335 e. The van der Waals surface area contributed by atoms with Crippen LogP contribution in [0.2, 0.25) is 0 Å². The Bertz CT molecular complexity index is 930. The smallest absolute Gasteiger partial charge is 0.335 e. The van der Waals surface area contributed by atoms with E-state index >= 15 is 0 Å². The number of hydrogen-bond acceptors (Lipinski definition) is 2. The summed E-state index contributed by atoms with van der Waals surface area (Å²) in [7, 11) is 0. The monoisotopic (exact) mass is 374 g/mol. The number of aromatic carboxylic acids is 1. The first kappa shape index (κ1) is 19.7. The van der Waals surface area contributed by atoms with Crippen LogP contribution in [0.4, 0.5) is 0 Å². The summed E-state index contributed by atoms with van der Waals surface area (Å²) < 4.78 is 6.25. The quantitative estimate of drug-likeness (QED) is 0.536. The minimum atomic E-state index is -0.923. The van der Waals surface area contributed by atoms with Crippen molar-refractivity contribution in [2.75, 3.05) is 0 Å². The third-order valence-corrected chi connectivity index (χ3v) is 4.83. The van der Waals surface area contributed by atoms with Gasteiger partial charge in [0.2, 0.25) is 0 Å². The van der Waals surface area contributed by atoms with Gasteiger partial charge in [0.15, 0.2) is 0 Å². The molecule has 0 saturated carbocycles. The molecule has 0 radical (unpaired) electrons. The van der Waals surface area contributed by atoms with Crippen LogP contribution < -0.4 is 4.74 Å². The van der Waals surface area contributed by atoms with E-state index in [2.05, 4.69) is 56.3 Å². The molecule has 3 aromatic carbocycles. The third kappa shape index (κ3) is 5.01. The molecule has 0 aliphatic rings. The van der Waals surface area contributed by atoms with Gasteiger partial charge < -0.3 is 9.84 Å². The summed E-state index contributed by atoms with van der Waals surface area (Å²) >= 11 is 0. The minimum Gasteiger partial charge on any atom is -0.488 e. The molecule has 0 unspecified atom stereocenters. The van der Waals surface area contributed by atoms with E-state index in [-0.39, 0.29) is 5.56 Å². The molecule has 0 aromatic heterocycles. The van der Waals surface area contributed by atoms with Crippen molar-refractivity contribution in [1.29, 1.82) is 0 Å². The van der Waals surface area contributed by atoms with Gasteiger partial charge in [0.25, 0.3) is 0 Å². The second-order valence-corrected chi connectivity index (χ2v) is 7.27. The van der Waals surface area contributed by atoms with Gasteiger partial charge in [0.05, 0.1) is 5.56 Å². The van der Waals surface area contributed by atoms with Crippen molar-refractivity contribution < 1.29 is 14.6 Å². The maximum atomic E-state index is 11.2. The van der Waals surface area contributed by atoms with Crippen LogP contribution in [0, 0.1) is 0 Å². The second-order valence-electron chi connectivity index (χ2n) is 7.27. The molecule has 0 spiro atoms. The Morgan fingerprint density at radius 3 is 2.32 bits per heavy atom. The van der Waals surface area contributed by atoms with Crippen LogP contribution in [-0.4, -0.2) is 11.1 Å². The zero-order valence-corrected chi connectivity index (χ0v) is 16.4. The van der Waals surface area contributed by atoms with Crippen molar-refractivity contribution in [3.63, 3.8) is 0 Å². The van der Waals surface area contributed by atoms with E-state index in [0.717, 1.165) is 24.2 Å². The molecule has 0 amide bonds. The maximum absolute atomic E-state index is 11.2. The molecular formula is C25H26O3. The van der Waals surface area contributed by atoms with Crippen LogP contribution in [0.25, 0.3) is 0 Å². The first-order chi connectivity index (χ1) is 13.5. The lowest BCUT2D eigenvalue weighted by Gasteiger charge is -2.18. The minimum absolute atomic E-state index is 0.280. The summed E-state index contributed by atoms with van der Waals surface area (Å²) in [6.07, 6.45) is 1.85. The van der Waals surface area contributed by atoms with Gasteiger partial charge in [-0.15, -0.1) is 0 Å². The van der Waals surface area contributed by atoms with E-state index in [1.54, 1.807) is 18.2 Å². The molecule has 0 fully saturated rings. The molecule has 0 bridgehead atoms. The van der Waals surface area contributed by atoms with Crippen LogP contribution >= 0.6 is 0 Å². The number of benzene rings is 3. The highest BCUT2D eigenvalue weighted by Crippen LogP contribution is 2.32. The summed E-state index contributed by atoms with van der Waals surface area (Å²) in [4.78, 5) is 11.2. The van der Waals surface area contributed by atoms with Crippen LogP contribution in [0.5, 0.6) is 5.75 Å². The third-order valence-electron chi connectivity index (χ3n) is 4.83. The van der Waals surface area contributed by atoms with Crippen molar-refractivity contribution in [3.8, 4) is 5.75 Å². The molecule has 3 nitrogen and oxygen atoms in total. The molecule has 1 N–H and O–H groups in total. The Morgan fingerprint density at radius 2 is 1.61 bits per heavy atom. The largest absolute Gasteiger partial charge is 0.488 e. The van der Waals surface area contributed by atoms with Crippen molar-refractivity contribution in [3.05, 3.63) is 101 Å². The first-order valence-electron chi connectivity index (χ1n) is 9.65. The van der Waals surface area contributed by atoms with Crippen molar-refractivity contribution in [1.82, 2.24) is 0 Å². The van der Waals surface area contributed by atoms with E-state index in [1.165, 1.54) is 16.7 Å². The topological polar surface area (TPSA) is 46.5 Å². The molecule has 0 aliphatic heterocycles. The number of carboxylic acid groups (broad SMARTS) is 1. The van der Waals surface area contributed by atoms with E-state index in [4.69, 9.17) is 4.74 Å². The molecule has 28 heavy (non-hydrogen) atoms. The van der Waals surface area contributed by atoms with Gasteiger partial charge in [0.1, 0.15) is 12.4 Å². The van der Waals surface area contributed by atoms with Gasteiger partial charge in [-0.25, -0.2) is 4.79 Å². The molecule has 3 heteroatoms. The number of hydrogen-bond donors (Lipinski definition) is 1. The lowest BCUT2D eigenvalue weighted by molar-refractivity contribution is 0.0696. The molecule has 0 saturated heterocycles. The number of para-hydroxylation sites is 1. The molecule has 144 valence electrons. The summed E-state index contributed by atoms with van der Waals surface area (Å²) in [6, 6.07) is 23.7. The van der Waals surface area contributed by atoms with Gasteiger partial charge in [-0.05, 0) is 53.1 Å². The lowest BCUT2D eigenvalue weighted by atomic mass is 9.96. The fraction of sp³-hybridized carbons (Fsp3) is 0.240. The average molecular weight is 374 g/mol. The number of rotatable bonds is 8. The predicted octanol–water partition coefficient (Wildman–Crippen LogP) is 5.87. The molecule has 0 aliphatic carbocycles. The molecule has 0 atom stereocenters. The van der Waals surface area contributed by atoms with Gasteiger partial charge in [-0.2, -0.15) is 0 Å². The Labute approximate surface area is 166 Å². The summed E-state index contributed by atoms with van der Waals surface area (Å²) in [5.74, 6) is 0.346. The molecule has 3 rings (SSSR count). The van der Waals surface area contributed by atoms with Crippen LogP contribution in [-0.2, 0) is 19.4 Å². The second kappa shape index (κ2) is 9.23. The van der Waals surface area contributed by atoms with E-state index in [0.29, 0.717) is 12.5 Å². The normalized spacial score (nSPS) is 10.8. The Morgan fingerprint density at radius 1 is 0.893 bits per heavy atom. The SMILES string of the molecule is CC(C)c1cccc(CCc2ccccc2)c1OCc1cccc(C(=O)O)c1. The highest BCUT2D eigenvalue weighted by molar-refractivity contribution is 5.87.